The quantitative estimate of drug-likeness (QED) is 0.576. The molecule has 1 atom stereocenters. The van der Waals surface area contributed by atoms with Gasteiger partial charge in [-0.25, -0.2) is 0 Å². The molecule has 0 amide bonds. The molecule has 0 radical (unpaired) electrons. The average Bonchev–Trinajstić information content (AvgIpc) is 3.17. The lowest BCUT2D eigenvalue weighted by Gasteiger charge is -2.06. The van der Waals surface area contributed by atoms with E-state index in [-0.39, 0.29) is 5.89 Å². The molecular weight excluding hydrogens is 316 g/mol. The first-order valence-electron chi connectivity index (χ1n) is 7.81. The second kappa shape index (κ2) is 6.30. The summed E-state index contributed by atoms with van der Waals surface area (Å²) >= 11 is 0. The number of hydrogen-bond acceptors (Lipinski definition) is 5. The first-order valence-corrected chi connectivity index (χ1v) is 7.81. The molecule has 1 heterocycles. The van der Waals surface area contributed by atoms with Crippen LogP contribution in [0.5, 0.6) is 0 Å². The van der Waals surface area contributed by atoms with Gasteiger partial charge in [0.05, 0.1) is 0 Å². The van der Waals surface area contributed by atoms with E-state index in [9.17, 15) is 9.90 Å². The van der Waals surface area contributed by atoms with E-state index in [0.29, 0.717) is 17.0 Å². The normalized spacial score (nSPS) is 12.2. The van der Waals surface area contributed by atoms with Crippen LogP contribution in [-0.2, 0) is 0 Å². The van der Waals surface area contributed by atoms with Crippen molar-refractivity contribution in [3.8, 4) is 11.5 Å². The number of aliphatic hydroxyl groups excluding tert-OH is 1. The third kappa shape index (κ3) is 2.81. The van der Waals surface area contributed by atoms with Crippen LogP contribution >= 0.6 is 0 Å². The Morgan fingerprint density at radius 2 is 1.68 bits per heavy atom. The molecule has 5 nitrogen and oxygen atoms in total. The van der Waals surface area contributed by atoms with Crippen LogP contribution in [0.25, 0.3) is 22.2 Å². The number of carbonyl (C=O) groups is 1. The molecule has 0 aliphatic rings. The number of rotatable bonds is 4. The third-order valence-corrected chi connectivity index (χ3v) is 4.08. The molecule has 0 aliphatic heterocycles. The lowest BCUT2D eigenvalue weighted by atomic mass is 10.0. The van der Waals surface area contributed by atoms with E-state index in [1.54, 1.807) is 24.3 Å². The van der Waals surface area contributed by atoms with Gasteiger partial charge in [-0.3, -0.25) is 4.79 Å². The number of nitrogens with zero attached hydrogens (tertiary/aromatic N) is 2. The fourth-order valence-corrected chi connectivity index (χ4v) is 2.77. The zero-order chi connectivity index (χ0) is 17.2. The van der Waals surface area contributed by atoms with E-state index in [4.69, 9.17) is 4.42 Å². The number of aliphatic hydroxyl groups is 1. The molecule has 4 rings (SSSR count). The highest BCUT2D eigenvalue weighted by atomic mass is 16.4. The lowest BCUT2D eigenvalue weighted by Crippen LogP contribution is -2.00. The van der Waals surface area contributed by atoms with Crippen LogP contribution < -0.4 is 0 Å². The molecule has 0 saturated heterocycles. The van der Waals surface area contributed by atoms with Gasteiger partial charge in [0.15, 0.2) is 6.10 Å². The number of aldehydes is 1. The van der Waals surface area contributed by atoms with Crippen molar-refractivity contribution in [2.24, 2.45) is 0 Å². The molecule has 1 aromatic heterocycles. The van der Waals surface area contributed by atoms with Crippen LogP contribution in [-0.4, -0.2) is 21.6 Å². The molecule has 3 aromatic carbocycles. The van der Waals surface area contributed by atoms with Crippen molar-refractivity contribution in [1.82, 2.24) is 10.2 Å². The fourth-order valence-electron chi connectivity index (χ4n) is 2.77. The van der Waals surface area contributed by atoms with Crippen molar-refractivity contribution >= 4 is 17.1 Å². The summed E-state index contributed by atoms with van der Waals surface area (Å²) in [7, 11) is 0. The number of hydrogen-bond donors (Lipinski definition) is 1. The molecule has 4 aromatic rings. The van der Waals surface area contributed by atoms with Gasteiger partial charge in [0, 0.05) is 11.1 Å². The van der Waals surface area contributed by atoms with Gasteiger partial charge in [-0.15, -0.1) is 10.2 Å². The smallest absolute Gasteiger partial charge is 0.249 e. The van der Waals surface area contributed by atoms with Gasteiger partial charge in [0.2, 0.25) is 11.8 Å². The van der Waals surface area contributed by atoms with Crippen molar-refractivity contribution in [3.63, 3.8) is 0 Å². The van der Waals surface area contributed by atoms with Crippen molar-refractivity contribution in [2.75, 3.05) is 0 Å². The summed E-state index contributed by atoms with van der Waals surface area (Å²) in [5.74, 6) is 0.470. The Labute approximate surface area is 143 Å². The summed E-state index contributed by atoms with van der Waals surface area (Å²) in [6, 6.07) is 20.4. The number of fused-ring (bicyclic) bond motifs is 1. The predicted octanol–water partition coefficient (Wildman–Crippen LogP) is 3.78. The van der Waals surface area contributed by atoms with E-state index in [0.717, 1.165) is 22.6 Å². The van der Waals surface area contributed by atoms with Gasteiger partial charge in [0.1, 0.15) is 6.29 Å². The van der Waals surface area contributed by atoms with Crippen LogP contribution in [0.2, 0.25) is 0 Å². The Morgan fingerprint density at radius 1 is 0.920 bits per heavy atom. The number of carbonyl (C=O) groups excluding carboxylic acids is 1. The molecule has 0 aliphatic carbocycles. The van der Waals surface area contributed by atoms with Crippen LogP contribution in [0, 0.1) is 0 Å². The first-order chi connectivity index (χ1) is 12.3. The van der Waals surface area contributed by atoms with Crippen molar-refractivity contribution < 1.29 is 14.3 Å². The summed E-state index contributed by atoms with van der Waals surface area (Å²) in [6.07, 6.45) is -0.293. The van der Waals surface area contributed by atoms with Gasteiger partial charge in [-0.2, -0.15) is 0 Å². The van der Waals surface area contributed by atoms with Gasteiger partial charge >= 0.3 is 0 Å². The highest BCUT2D eigenvalue weighted by Crippen LogP contribution is 2.29. The van der Waals surface area contributed by atoms with E-state index in [2.05, 4.69) is 10.2 Å². The zero-order valence-corrected chi connectivity index (χ0v) is 13.2. The maximum Gasteiger partial charge on any atom is 0.249 e. The Balaban J connectivity index is 1.70. The Kier molecular flexibility index (Phi) is 3.84. The summed E-state index contributed by atoms with van der Waals surface area (Å²) in [5, 5.41) is 20.6. The second-order valence-corrected chi connectivity index (χ2v) is 5.66. The van der Waals surface area contributed by atoms with E-state index in [1.807, 2.05) is 42.5 Å². The molecule has 122 valence electrons. The number of aromatic nitrogens is 2. The summed E-state index contributed by atoms with van der Waals surface area (Å²) in [4.78, 5) is 10.7. The van der Waals surface area contributed by atoms with Crippen LogP contribution in [0.3, 0.4) is 0 Å². The highest BCUT2D eigenvalue weighted by molar-refractivity contribution is 5.94. The SMILES string of the molecule is O=Cc1ccc(C(O)c2nnc(-c3cccc4ccccc34)o2)cc1. The molecular formula is C20H14N2O3. The molecule has 25 heavy (non-hydrogen) atoms. The minimum atomic E-state index is -1.04. The van der Waals surface area contributed by atoms with Crippen molar-refractivity contribution in [2.45, 2.75) is 6.10 Å². The van der Waals surface area contributed by atoms with Gasteiger partial charge in [-0.1, -0.05) is 60.7 Å². The summed E-state index contributed by atoms with van der Waals surface area (Å²) < 4.78 is 5.71. The standard InChI is InChI=1S/C20H14N2O3/c23-12-13-8-10-15(11-9-13)18(24)20-22-21-19(25-20)17-7-3-5-14-4-1-2-6-16(14)17/h1-12,18,24H. The maximum absolute atomic E-state index is 10.7. The molecule has 1 unspecified atom stereocenters. The molecule has 5 heteroatoms. The fraction of sp³-hybridized carbons (Fsp3) is 0.0500. The molecule has 1 N–H and O–H groups in total. The topological polar surface area (TPSA) is 76.2 Å². The van der Waals surface area contributed by atoms with Crippen LogP contribution in [0.1, 0.15) is 27.9 Å². The first kappa shape index (κ1) is 15.2. The Morgan fingerprint density at radius 3 is 2.48 bits per heavy atom. The van der Waals surface area contributed by atoms with Crippen molar-refractivity contribution in [3.05, 3.63) is 83.7 Å². The summed E-state index contributed by atoms with van der Waals surface area (Å²) in [6.45, 7) is 0. The van der Waals surface area contributed by atoms with Gasteiger partial charge in [-0.05, 0) is 22.4 Å². The molecule has 0 saturated carbocycles. The Hall–Kier alpha value is -3.31. The van der Waals surface area contributed by atoms with Gasteiger partial charge in [0.25, 0.3) is 0 Å². The van der Waals surface area contributed by atoms with Crippen LogP contribution in [0.4, 0.5) is 0 Å². The maximum atomic E-state index is 10.7. The molecule has 0 bridgehead atoms. The molecule has 0 spiro atoms. The Bertz CT molecular complexity index is 1030. The monoisotopic (exact) mass is 330 g/mol. The van der Waals surface area contributed by atoms with E-state index in [1.165, 1.54) is 0 Å². The number of benzene rings is 3. The van der Waals surface area contributed by atoms with Gasteiger partial charge < -0.3 is 9.52 Å². The predicted molar refractivity (Wildman–Crippen MR) is 93.1 cm³/mol. The summed E-state index contributed by atoms with van der Waals surface area (Å²) in [5.41, 5.74) is 1.94. The lowest BCUT2D eigenvalue weighted by molar-refractivity contribution is 0.112. The minimum absolute atomic E-state index is 0.113. The largest absolute Gasteiger partial charge is 0.417 e. The average molecular weight is 330 g/mol. The third-order valence-electron chi connectivity index (χ3n) is 4.08. The van der Waals surface area contributed by atoms with E-state index < -0.39 is 6.10 Å². The van der Waals surface area contributed by atoms with Crippen LogP contribution in [0.15, 0.2) is 71.1 Å². The second-order valence-electron chi connectivity index (χ2n) is 5.66. The van der Waals surface area contributed by atoms with Crippen molar-refractivity contribution in [1.29, 1.82) is 0 Å². The zero-order valence-electron chi connectivity index (χ0n) is 13.2. The highest BCUT2D eigenvalue weighted by Gasteiger charge is 2.19. The minimum Gasteiger partial charge on any atom is -0.417 e. The van der Waals surface area contributed by atoms with E-state index >= 15 is 0 Å². The molecule has 0 fully saturated rings.